The molecule has 6 heteroatoms. The summed E-state index contributed by atoms with van der Waals surface area (Å²) in [7, 11) is 1.63. The summed E-state index contributed by atoms with van der Waals surface area (Å²) in [4.78, 5) is 0. The van der Waals surface area contributed by atoms with Crippen molar-refractivity contribution in [1.82, 2.24) is 5.32 Å². The van der Waals surface area contributed by atoms with Gasteiger partial charge in [-0.05, 0) is 36.4 Å². The van der Waals surface area contributed by atoms with Gasteiger partial charge in [0.2, 0.25) is 0 Å². The molecule has 1 N–H and O–H groups in total. The molecule has 0 atom stereocenters. The van der Waals surface area contributed by atoms with E-state index in [9.17, 15) is 0 Å². The largest absolute Gasteiger partial charge is 0.493 e. The highest BCUT2D eigenvalue weighted by Crippen LogP contribution is 2.37. The van der Waals surface area contributed by atoms with E-state index in [1.165, 1.54) is 0 Å². The van der Waals surface area contributed by atoms with Crippen LogP contribution in [-0.2, 0) is 13.2 Å². The van der Waals surface area contributed by atoms with Crippen LogP contribution in [0.1, 0.15) is 18.1 Å². The van der Waals surface area contributed by atoms with Gasteiger partial charge in [-0.3, -0.25) is 0 Å². The Balaban J connectivity index is 2.25. The molecular weight excluding hydrogens is 401 g/mol. The third kappa shape index (κ3) is 4.77. The van der Waals surface area contributed by atoms with Crippen LogP contribution in [0.2, 0.25) is 10.0 Å². The third-order valence-electron chi connectivity index (χ3n) is 3.31. The van der Waals surface area contributed by atoms with Gasteiger partial charge >= 0.3 is 0 Å². The van der Waals surface area contributed by atoms with E-state index >= 15 is 0 Å². The van der Waals surface area contributed by atoms with Crippen LogP contribution < -0.4 is 14.8 Å². The SMILES string of the molecule is CCNCc1c(Br)ccc(OC)c1OCc1ccc(Cl)c(Cl)c1. The molecule has 0 amide bonds. The number of halogens is 3. The quantitative estimate of drug-likeness (QED) is 0.648. The predicted molar refractivity (Wildman–Crippen MR) is 98.9 cm³/mol. The molecule has 0 aliphatic rings. The fraction of sp³-hybridized carbons (Fsp3) is 0.294. The van der Waals surface area contributed by atoms with Crippen molar-refractivity contribution in [2.24, 2.45) is 0 Å². The molecule has 0 fully saturated rings. The van der Waals surface area contributed by atoms with Crippen molar-refractivity contribution in [3.8, 4) is 11.5 Å². The van der Waals surface area contributed by atoms with Gasteiger partial charge in [0.1, 0.15) is 6.61 Å². The molecule has 0 unspecified atom stereocenters. The number of methoxy groups -OCH3 is 1. The minimum atomic E-state index is 0.378. The maximum Gasteiger partial charge on any atom is 0.167 e. The van der Waals surface area contributed by atoms with Gasteiger partial charge in [0.05, 0.1) is 17.2 Å². The molecule has 0 spiro atoms. The second kappa shape index (κ2) is 8.78. The summed E-state index contributed by atoms with van der Waals surface area (Å²) in [5.74, 6) is 1.41. The second-order valence-electron chi connectivity index (χ2n) is 4.87. The van der Waals surface area contributed by atoms with Crippen LogP contribution in [0, 0.1) is 0 Å². The summed E-state index contributed by atoms with van der Waals surface area (Å²) < 4.78 is 12.4. The molecule has 0 saturated carbocycles. The number of ether oxygens (including phenoxy) is 2. The first-order valence-corrected chi connectivity index (χ1v) is 8.74. The van der Waals surface area contributed by atoms with Gasteiger partial charge in [0.25, 0.3) is 0 Å². The van der Waals surface area contributed by atoms with Crippen molar-refractivity contribution in [2.75, 3.05) is 13.7 Å². The lowest BCUT2D eigenvalue weighted by atomic mass is 10.1. The van der Waals surface area contributed by atoms with Crippen LogP contribution in [0.25, 0.3) is 0 Å². The monoisotopic (exact) mass is 417 g/mol. The highest BCUT2D eigenvalue weighted by molar-refractivity contribution is 9.10. The summed E-state index contributed by atoms with van der Waals surface area (Å²) >= 11 is 15.6. The minimum absolute atomic E-state index is 0.378. The van der Waals surface area contributed by atoms with Crippen molar-refractivity contribution < 1.29 is 9.47 Å². The van der Waals surface area contributed by atoms with E-state index in [1.807, 2.05) is 18.2 Å². The number of benzene rings is 2. The van der Waals surface area contributed by atoms with Gasteiger partial charge < -0.3 is 14.8 Å². The highest BCUT2D eigenvalue weighted by Gasteiger charge is 2.14. The first-order chi connectivity index (χ1) is 11.1. The zero-order valence-electron chi connectivity index (χ0n) is 13.0. The highest BCUT2D eigenvalue weighted by atomic mass is 79.9. The summed E-state index contributed by atoms with van der Waals surface area (Å²) in [6.45, 7) is 3.99. The van der Waals surface area contributed by atoms with Gasteiger partial charge in [-0.25, -0.2) is 0 Å². The average molecular weight is 419 g/mol. The Bertz CT molecular complexity index is 680. The van der Waals surface area contributed by atoms with Crippen molar-refractivity contribution in [3.63, 3.8) is 0 Å². The van der Waals surface area contributed by atoms with Gasteiger partial charge in [-0.1, -0.05) is 52.1 Å². The summed E-state index contributed by atoms with van der Waals surface area (Å²) in [6, 6.07) is 9.29. The second-order valence-corrected chi connectivity index (χ2v) is 6.54. The molecule has 0 saturated heterocycles. The number of hydrogen-bond acceptors (Lipinski definition) is 3. The predicted octanol–water partition coefficient (Wildman–Crippen LogP) is 5.45. The molecule has 0 radical (unpaired) electrons. The molecule has 124 valence electrons. The van der Waals surface area contributed by atoms with Crippen LogP contribution in [0.3, 0.4) is 0 Å². The van der Waals surface area contributed by atoms with Crippen molar-refractivity contribution in [3.05, 3.63) is 56.0 Å². The Hall–Kier alpha value is -0.940. The number of rotatable bonds is 7. The van der Waals surface area contributed by atoms with E-state index in [0.29, 0.717) is 34.7 Å². The van der Waals surface area contributed by atoms with Crippen LogP contribution in [0.4, 0.5) is 0 Å². The summed E-state index contributed by atoms with van der Waals surface area (Å²) in [6.07, 6.45) is 0. The topological polar surface area (TPSA) is 30.5 Å². The Morgan fingerprint density at radius 1 is 1.13 bits per heavy atom. The maximum absolute atomic E-state index is 6.05. The van der Waals surface area contributed by atoms with Crippen LogP contribution in [-0.4, -0.2) is 13.7 Å². The van der Waals surface area contributed by atoms with Crippen LogP contribution in [0.5, 0.6) is 11.5 Å². The molecule has 0 aromatic heterocycles. The minimum Gasteiger partial charge on any atom is -0.493 e. The first kappa shape index (κ1) is 18.4. The fourth-order valence-electron chi connectivity index (χ4n) is 2.10. The Labute approximate surface area is 155 Å². The van der Waals surface area contributed by atoms with Gasteiger partial charge in [0.15, 0.2) is 11.5 Å². The average Bonchev–Trinajstić information content (AvgIpc) is 2.55. The lowest BCUT2D eigenvalue weighted by Gasteiger charge is -2.17. The normalized spacial score (nSPS) is 10.7. The number of hydrogen-bond donors (Lipinski definition) is 1. The third-order valence-corrected chi connectivity index (χ3v) is 4.79. The molecule has 23 heavy (non-hydrogen) atoms. The maximum atomic E-state index is 6.05. The molecular formula is C17H18BrCl2NO2. The smallest absolute Gasteiger partial charge is 0.167 e. The molecule has 0 bridgehead atoms. The lowest BCUT2D eigenvalue weighted by Crippen LogP contribution is -2.14. The Kier molecular flexibility index (Phi) is 7.03. The van der Waals surface area contributed by atoms with E-state index in [0.717, 1.165) is 22.1 Å². The fourth-order valence-corrected chi connectivity index (χ4v) is 2.87. The van der Waals surface area contributed by atoms with E-state index in [4.69, 9.17) is 32.7 Å². The lowest BCUT2D eigenvalue weighted by molar-refractivity contribution is 0.280. The summed E-state index contributed by atoms with van der Waals surface area (Å²) in [5, 5.41) is 4.35. The van der Waals surface area contributed by atoms with Crippen molar-refractivity contribution in [1.29, 1.82) is 0 Å². The van der Waals surface area contributed by atoms with Crippen LogP contribution in [0.15, 0.2) is 34.8 Å². The number of nitrogens with one attached hydrogen (secondary N) is 1. The molecule has 0 aliphatic heterocycles. The van der Waals surface area contributed by atoms with Crippen LogP contribution >= 0.6 is 39.1 Å². The van der Waals surface area contributed by atoms with E-state index < -0.39 is 0 Å². The Morgan fingerprint density at radius 3 is 2.57 bits per heavy atom. The zero-order valence-corrected chi connectivity index (χ0v) is 16.1. The molecule has 0 aliphatic carbocycles. The van der Waals surface area contributed by atoms with Gasteiger partial charge in [-0.2, -0.15) is 0 Å². The van der Waals surface area contributed by atoms with Crippen molar-refractivity contribution in [2.45, 2.75) is 20.1 Å². The van der Waals surface area contributed by atoms with E-state index in [-0.39, 0.29) is 0 Å². The van der Waals surface area contributed by atoms with Crippen molar-refractivity contribution >= 4 is 39.1 Å². The van der Waals surface area contributed by atoms with E-state index in [2.05, 4.69) is 28.2 Å². The first-order valence-electron chi connectivity index (χ1n) is 7.19. The van der Waals surface area contributed by atoms with Gasteiger partial charge in [0, 0.05) is 16.6 Å². The molecule has 3 nitrogen and oxygen atoms in total. The molecule has 0 heterocycles. The molecule has 2 aromatic carbocycles. The molecule has 2 rings (SSSR count). The Morgan fingerprint density at radius 2 is 1.91 bits per heavy atom. The van der Waals surface area contributed by atoms with Gasteiger partial charge in [-0.15, -0.1) is 0 Å². The zero-order chi connectivity index (χ0) is 16.8. The van der Waals surface area contributed by atoms with E-state index in [1.54, 1.807) is 19.2 Å². The standard InChI is InChI=1S/C17H18BrCl2NO2/c1-3-21-9-12-13(18)5-7-16(22-2)17(12)23-10-11-4-6-14(19)15(20)8-11/h4-8,21H,3,9-10H2,1-2H3. The summed E-state index contributed by atoms with van der Waals surface area (Å²) in [5.41, 5.74) is 1.96. The molecule has 2 aromatic rings.